The molecule has 2 aliphatic rings. The number of nitrogens with one attached hydrogen (secondary N) is 1. The van der Waals surface area contributed by atoms with Gasteiger partial charge in [0.25, 0.3) is 5.88 Å². The van der Waals surface area contributed by atoms with Gasteiger partial charge in [-0.2, -0.15) is 13.2 Å². The average molecular weight is 663 g/mol. The summed E-state index contributed by atoms with van der Waals surface area (Å²) in [4.78, 5) is 11.0. The quantitative estimate of drug-likeness (QED) is 0.221. The smallest absolute Gasteiger partial charge is 0.422 e. The Balaban J connectivity index is 1.12. The summed E-state index contributed by atoms with van der Waals surface area (Å²) in [5.41, 5.74) is 1.03. The van der Waals surface area contributed by atoms with Crippen molar-refractivity contribution in [3.63, 3.8) is 0 Å². The monoisotopic (exact) mass is 662 g/mol. The lowest BCUT2D eigenvalue weighted by Crippen LogP contribution is -2.64. The fourth-order valence-electron chi connectivity index (χ4n) is 6.07. The summed E-state index contributed by atoms with van der Waals surface area (Å²) >= 11 is 6.37. The molecule has 46 heavy (non-hydrogen) atoms. The summed E-state index contributed by atoms with van der Waals surface area (Å²) in [6, 6.07) is 5.31. The fraction of sp³-hybridized carbons (Fsp3) is 0.517. The van der Waals surface area contributed by atoms with E-state index in [2.05, 4.69) is 40.8 Å². The van der Waals surface area contributed by atoms with Crippen molar-refractivity contribution in [2.24, 2.45) is 5.41 Å². The van der Waals surface area contributed by atoms with E-state index in [0.717, 1.165) is 31.5 Å². The van der Waals surface area contributed by atoms with Gasteiger partial charge in [-0.15, -0.1) is 10.2 Å². The van der Waals surface area contributed by atoms with E-state index < -0.39 is 18.4 Å². The van der Waals surface area contributed by atoms with Gasteiger partial charge in [-0.1, -0.05) is 17.7 Å². The predicted molar refractivity (Wildman–Crippen MR) is 161 cm³/mol. The maximum atomic E-state index is 13.0. The van der Waals surface area contributed by atoms with Gasteiger partial charge in [0.1, 0.15) is 23.9 Å². The number of tetrazole rings is 1. The van der Waals surface area contributed by atoms with E-state index in [9.17, 15) is 18.3 Å². The molecule has 1 unspecified atom stereocenters. The Morgan fingerprint density at radius 3 is 2.54 bits per heavy atom. The number of hydrogen-bond acceptors (Lipinski definition) is 11. The number of benzene rings is 1. The van der Waals surface area contributed by atoms with Crippen molar-refractivity contribution in [1.29, 1.82) is 0 Å². The minimum absolute atomic E-state index is 0.0216. The molecule has 4 aromatic rings. The summed E-state index contributed by atoms with van der Waals surface area (Å²) in [6.07, 6.45) is 3.16. The van der Waals surface area contributed by atoms with E-state index in [0.29, 0.717) is 29.4 Å². The first-order valence-corrected chi connectivity index (χ1v) is 15.1. The van der Waals surface area contributed by atoms with E-state index in [1.165, 1.54) is 6.33 Å². The van der Waals surface area contributed by atoms with Crippen LogP contribution >= 0.6 is 11.6 Å². The topological polar surface area (TPSA) is 141 Å². The zero-order valence-electron chi connectivity index (χ0n) is 25.4. The van der Waals surface area contributed by atoms with Gasteiger partial charge < -0.3 is 19.9 Å². The standard InChI is InChI=1S/C29H34ClF3N10O3/c1-18(11-42-17-36-39-40-42)46-24-6-19(4-5-22(24)30)20-9-34-26(35-10-20)37-23-12-43(38-25(23)45-16-29(31,32)33)21-7-28(8-21)14-41(15-28)13-27(2,3)44/h4-6,9-10,12,17-18,21,44H,7-8,11,13-16H2,1-3H3,(H,34,35,37). The molecular formula is C29H34ClF3N10O3. The molecule has 0 amide bonds. The lowest BCUT2D eigenvalue weighted by molar-refractivity contribution is -0.154. The van der Waals surface area contributed by atoms with Crippen LogP contribution in [0.15, 0.2) is 43.1 Å². The number of hydrogen-bond donors (Lipinski definition) is 2. The number of ether oxygens (including phenoxy) is 2. The Labute approximate surface area is 267 Å². The number of anilines is 2. The van der Waals surface area contributed by atoms with Crippen molar-refractivity contribution >= 4 is 23.2 Å². The van der Waals surface area contributed by atoms with Gasteiger partial charge in [0, 0.05) is 37.6 Å². The molecule has 3 aromatic heterocycles. The highest BCUT2D eigenvalue weighted by Gasteiger charge is 2.53. The summed E-state index contributed by atoms with van der Waals surface area (Å²) in [7, 11) is 0. The molecule has 1 saturated carbocycles. The van der Waals surface area contributed by atoms with Crippen molar-refractivity contribution in [2.75, 3.05) is 31.6 Å². The Bertz CT molecular complexity index is 1630. The van der Waals surface area contributed by atoms with Crippen LogP contribution in [0.5, 0.6) is 11.6 Å². The number of alkyl halides is 3. The molecule has 2 fully saturated rings. The third-order valence-electron chi connectivity index (χ3n) is 7.84. The SMILES string of the molecule is CC(Cn1cnnn1)Oc1cc(-c2cnc(Nc3cn(C4CC5(C4)CN(CC(C)(C)O)C5)nc3OCC(F)(F)F)nc2)ccc1Cl. The summed E-state index contributed by atoms with van der Waals surface area (Å²) in [6.45, 7) is 6.72. The van der Waals surface area contributed by atoms with Crippen molar-refractivity contribution < 1.29 is 27.8 Å². The minimum atomic E-state index is -4.53. The number of likely N-dealkylation sites (tertiary alicyclic amines) is 1. The van der Waals surface area contributed by atoms with Crippen LogP contribution < -0.4 is 14.8 Å². The Kier molecular flexibility index (Phi) is 8.54. The van der Waals surface area contributed by atoms with E-state index >= 15 is 0 Å². The predicted octanol–water partition coefficient (Wildman–Crippen LogP) is 4.54. The Morgan fingerprint density at radius 1 is 1.15 bits per heavy atom. The third-order valence-corrected chi connectivity index (χ3v) is 8.15. The summed E-state index contributed by atoms with van der Waals surface area (Å²) in [5, 5.41) is 28.9. The number of nitrogens with zero attached hydrogens (tertiary/aromatic N) is 9. The van der Waals surface area contributed by atoms with Crippen LogP contribution in [-0.2, 0) is 6.54 Å². The Hall–Kier alpha value is -4.02. The van der Waals surface area contributed by atoms with Crippen LogP contribution in [0.2, 0.25) is 5.02 Å². The molecule has 6 rings (SSSR count). The van der Waals surface area contributed by atoms with Gasteiger partial charge in [0.15, 0.2) is 6.61 Å². The van der Waals surface area contributed by atoms with Crippen molar-refractivity contribution in [3.05, 3.63) is 48.1 Å². The third kappa shape index (κ3) is 7.67. The van der Waals surface area contributed by atoms with Crippen LogP contribution in [0.1, 0.15) is 39.7 Å². The van der Waals surface area contributed by atoms with E-state index in [1.807, 2.05) is 6.92 Å². The highest BCUT2D eigenvalue weighted by molar-refractivity contribution is 6.32. The number of aliphatic hydroxyl groups is 1. The highest BCUT2D eigenvalue weighted by Crippen LogP contribution is 2.54. The molecule has 246 valence electrons. The Morgan fingerprint density at radius 2 is 1.89 bits per heavy atom. The zero-order chi connectivity index (χ0) is 32.7. The minimum Gasteiger partial charge on any atom is -0.487 e. The molecule has 4 heterocycles. The number of halogens is 4. The molecule has 0 radical (unpaired) electrons. The molecule has 0 bridgehead atoms. The highest BCUT2D eigenvalue weighted by atomic mass is 35.5. The molecule has 17 heteroatoms. The molecule has 1 aromatic carbocycles. The second kappa shape index (κ2) is 12.3. The lowest BCUT2D eigenvalue weighted by Gasteiger charge is -2.59. The molecule has 1 aliphatic heterocycles. The second-order valence-corrected chi connectivity index (χ2v) is 13.2. The van der Waals surface area contributed by atoms with E-state index in [1.54, 1.807) is 60.0 Å². The van der Waals surface area contributed by atoms with Gasteiger partial charge >= 0.3 is 6.18 Å². The zero-order valence-corrected chi connectivity index (χ0v) is 26.2. The molecule has 13 nitrogen and oxygen atoms in total. The van der Waals surface area contributed by atoms with E-state index in [-0.39, 0.29) is 35.1 Å². The largest absolute Gasteiger partial charge is 0.487 e. The molecule has 2 N–H and O–H groups in total. The first-order valence-electron chi connectivity index (χ1n) is 14.7. The molecule has 1 aliphatic carbocycles. The molecule has 1 atom stereocenters. The summed E-state index contributed by atoms with van der Waals surface area (Å²) < 4.78 is 53.3. The van der Waals surface area contributed by atoms with Gasteiger partial charge in [-0.25, -0.2) is 14.6 Å². The number of β-amino-alcohol motifs (C(OH)–C–C–N with tert-alkyl or cyclic N) is 1. The van der Waals surface area contributed by atoms with Crippen LogP contribution in [0.4, 0.5) is 24.8 Å². The van der Waals surface area contributed by atoms with Crippen molar-refractivity contribution in [2.45, 2.75) is 64.1 Å². The lowest BCUT2D eigenvalue weighted by atomic mass is 9.60. The molecular weight excluding hydrogens is 629 g/mol. The van der Waals surface area contributed by atoms with Gasteiger partial charge in [0.2, 0.25) is 5.95 Å². The average Bonchev–Trinajstić information content (AvgIpc) is 3.58. The van der Waals surface area contributed by atoms with E-state index in [4.69, 9.17) is 21.1 Å². The van der Waals surface area contributed by atoms with Crippen molar-refractivity contribution in [1.82, 2.24) is 44.9 Å². The first kappa shape index (κ1) is 31.9. The molecule has 1 saturated heterocycles. The second-order valence-electron chi connectivity index (χ2n) is 12.8. The van der Waals surface area contributed by atoms with Crippen LogP contribution in [0.25, 0.3) is 11.1 Å². The van der Waals surface area contributed by atoms with Crippen LogP contribution in [-0.4, -0.2) is 94.1 Å². The van der Waals surface area contributed by atoms with Gasteiger partial charge in [0.05, 0.1) is 29.4 Å². The van der Waals surface area contributed by atoms with Crippen molar-refractivity contribution in [3.8, 4) is 22.8 Å². The molecule has 1 spiro atoms. The number of aromatic nitrogens is 8. The fourth-order valence-corrected chi connectivity index (χ4v) is 6.23. The number of rotatable bonds is 12. The van der Waals surface area contributed by atoms with Gasteiger partial charge in [-0.05, 0) is 67.2 Å². The maximum absolute atomic E-state index is 13.0. The van der Waals surface area contributed by atoms with Crippen LogP contribution in [0, 0.1) is 5.41 Å². The van der Waals surface area contributed by atoms with Crippen LogP contribution in [0.3, 0.4) is 0 Å². The van der Waals surface area contributed by atoms with Gasteiger partial charge in [-0.3, -0.25) is 9.58 Å². The maximum Gasteiger partial charge on any atom is 0.422 e. The first-order chi connectivity index (χ1) is 21.7. The normalized spacial score (nSPS) is 17.4. The summed E-state index contributed by atoms with van der Waals surface area (Å²) in [5.74, 6) is 0.441.